The number of rotatable bonds is 4. The molecule has 6 nitrogen and oxygen atoms in total. The van der Waals surface area contributed by atoms with Gasteiger partial charge in [-0.25, -0.2) is 0 Å². The Balaban J connectivity index is 1.30. The fourth-order valence-corrected chi connectivity index (χ4v) is 8.79. The number of fused-ring (bicyclic) bond motifs is 5. The van der Waals surface area contributed by atoms with Gasteiger partial charge in [-0.05, 0) is 92.8 Å². The Morgan fingerprint density at radius 1 is 1.14 bits per heavy atom. The average Bonchev–Trinajstić information content (AvgIpc) is 3.16. The van der Waals surface area contributed by atoms with E-state index in [9.17, 15) is 15.0 Å². The van der Waals surface area contributed by atoms with Crippen LogP contribution in [0.2, 0.25) is 0 Å². The van der Waals surface area contributed by atoms with Crippen molar-refractivity contribution >= 4 is 5.97 Å². The van der Waals surface area contributed by atoms with Gasteiger partial charge in [0.2, 0.25) is 0 Å². The molecule has 0 aromatic heterocycles. The summed E-state index contributed by atoms with van der Waals surface area (Å²) in [7, 11) is 0. The molecule has 2 N–H and O–H groups in total. The Bertz CT molecular complexity index is 869. The minimum Gasteiger partial charge on any atom is -0.454 e. The zero-order valence-electron chi connectivity index (χ0n) is 21.8. The van der Waals surface area contributed by atoms with Crippen LogP contribution in [0.5, 0.6) is 0 Å². The molecule has 0 bridgehead atoms. The van der Waals surface area contributed by atoms with Crippen molar-refractivity contribution in [3.63, 3.8) is 0 Å². The summed E-state index contributed by atoms with van der Waals surface area (Å²) in [4.78, 5) is 11.6. The largest absolute Gasteiger partial charge is 0.454 e. The lowest BCUT2D eigenvalue weighted by Crippen LogP contribution is -2.59. The summed E-state index contributed by atoms with van der Waals surface area (Å²) in [6.07, 6.45) is 9.00. The van der Waals surface area contributed by atoms with E-state index >= 15 is 0 Å². The zero-order chi connectivity index (χ0) is 25.1. The van der Waals surface area contributed by atoms with E-state index in [1.54, 1.807) is 6.92 Å². The van der Waals surface area contributed by atoms with Crippen molar-refractivity contribution in [3.05, 3.63) is 24.3 Å². The Kier molecular flexibility index (Phi) is 6.74. The normalized spacial score (nSPS) is 51.4. The highest BCUT2D eigenvalue weighted by Gasteiger charge is 2.58. The molecule has 0 amide bonds. The predicted molar refractivity (Wildman–Crippen MR) is 132 cm³/mol. The van der Waals surface area contributed by atoms with Gasteiger partial charge in [-0.3, -0.25) is 4.79 Å². The van der Waals surface area contributed by atoms with Gasteiger partial charge < -0.3 is 24.4 Å². The molecule has 3 saturated carbocycles. The first-order valence-corrected chi connectivity index (χ1v) is 13.7. The highest BCUT2D eigenvalue weighted by Crippen LogP contribution is 2.66. The maximum atomic E-state index is 11.6. The second-order valence-corrected chi connectivity index (χ2v) is 12.5. The highest BCUT2D eigenvalue weighted by atomic mass is 16.7. The van der Waals surface area contributed by atoms with Crippen molar-refractivity contribution in [1.82, 2.24) is 0 Å². The Labute approximate surface area is 210 Å². The lowest BCUT2D eigenvalue weighted by molar-refractivity contribution is -0.308. The molecule has 0 aromatic rings. The topological polar surface area (TPSA) is 85.2 Å². The summed E-state index contributed by atoms with van der Waals surface area (Å²) in [5.41, 5.74) is 2.13. The molecule has 1 heterocycles. The van der Waals surface area contributed by atoms with Gasteiger partial charge in [0.1, 0.15) is 12.2 Å². The molecule has 35 heavy (non-hydrogen) atoms. The van der Waals surface area contributed by atoms with Gasteiger partial charge in [-0.15, -0.1) is 6.58 Å². The van der Waals surface area contributed by atoms with Gasteiger partial charge >= 0.3 is 5.97 Å². The Morgan fingerprint density at radius 3 is 2.63 bits per heavy atom. The van der Waals surface area contributed by atoms with Crippen LogP contribution in [-0.4, -0.2) is 53.0 Å². The maximum absolute atomic E-state index is 11.6. The van der Waals surface area contributed by atoms with Crippen molar-refractivity contribution in [3.8, 4) is 0 Å². The number of allylic oxidation sites excluding steroid dienone is 2. The van der Waals surface area contributed by atoms with Crippen LogP contribution in [-0.2, 0) is 19.0 Å². The van der Waals surface area contributed by atoms with Crippen LogP contribution in [0.3, 0.4) is 0 Å². The summed E-state index contributed by atoms with van der Waals surface area (Å²) in [5, 5.41) is 20.8. The zero-order valence-corrected chi connectivity index (χ0v) is 21.8. The van der Waals surface area contributed by atoms with E-state index < -0.39 is 36.7 Å². The average molecular weight is 489 g/mol. The second kappa shape index (κ2) is 9.27. The third-order valence-electron chi connectivity index (χ3n) is 10.8. The number of esters is 1. The molecule has 0 radical (unpaired) electrons. The summed E-state index contributed by atoms with van der Waals surface area (Å²) in [5.74, 6) is 2.41. The van der Waals surface area contributed by atoms with Crippen molar-refractivity contribution < 1.29 is 29.2 Å². The molecule has 5 aliphatic rings. The third kappa shape index (κ3) is 4.13. The lowest BCUT2D eigenvalue weighted by atomic mass is 9.47. The van der Waals surface area contributed by atoms with Gasteiger partial charge in [0.05, 0.1) is 12.2 Å². The number of aliphatic hydroxyl groups is 2. The number of carbonyl (C=O) groups is 1. The summed E-state index contributed by atoms with van der Waals surface area (Å²) in [6.45, 7) is 12.2. The van der Waals surface area contributed by atoms with E-state index in [0.717, 1.165) is 43.4 Å². The molecule has 1 saturated heterocycles. The molecule has 1 aliphatic heterocycles. The summed E-state index contributed by atoms with van der Waals surface area (Å²) < 4.78 is 17.6. The van der Waals surface area contributed by atoms with Gasteiger partial charge in [0.15, 0.2) is 12.4 Å². The molecule has 12 atom stereocenters. The quantitative estimate of drug-likeness (QED) is 0.447. The first-order valence-electron chi connectivity index (χ1n) is 13.7. The third-order valence-corrected chi connectivity index (χ3v) is 10.8. The number of ether oxygens (including phenoxy) is 3. The van der Waals surface area contributed by atoms with E-state index in [1.807, 2.05) is 0 Å². The minimum atomic E-state index is -1.24. The summed E-state index contributed by atoms with van der Waals surface area (Å²) in [6, 6.07) is 0. The standard InChI is InChI=1S/C29H44O6/c1-6-18-8-10-22-21-9-7-19-15-20(11-13-29(19,5)23(21)12-14-28(18,22)4)35-27-26(34-17(3)30)25(32)24(31)16(2)33-27/h6-7,16,18,20-27,31-32H,1,8-15H2,2-5H3/t16-,18-,20-,21-,22-,23-,24+,25+,26-,27-,28+,29-/m0/s1. The van der Waals surface area contributed by atoms with Crippen LogP contribution in [0.15, 0.2) is 24.3 Å². The van der Waals surface area contributed by atoms with E-state index in [-0.39, 0.29) is 11.5 Å². The predicted octanol–water partition coefficient (Wildman–Crippen LogP) is 4.53. The van der Waals surface area contributed by atoms with Crippen LogP contribution in [0.1, 0.15) is 79.1 Å². The van der Waals surface area contributed by atoms with Gasteiger partial charge in [-0.1, -0.05) is 31.6 Å². The van der Waals surface area contributed by atoms with E-state index in [2.05, 4.69) is 32.6 Å². The Morgan fingerprint density at radius 2 is 1.91 bits per heavy atom. The molecular formula is C29H44O6. The number of hydrogen-bond donors (Lipinski definition) is 2. The molecule has 196 valence electrons. The fraction of sp³-hybridized carbons (Fsp3) is 0.828. The van der Waals surface area contributed by atoms with E-state index in [0.29, 0.717) is 11.3 Å². The molecule has 5 rings (SSSR count). The van der Waals surface area contributed by atoms with E-state index in [4.69, 9.17) is 14.2 Å². The maximum Gasteiger partial charge on any atom is 0.303 e. The number of hydrogen-bond acceptors (Lipinski definition) is 6. The molecule has 6 heteroatoms. The van der Waals surface area contributed by atoms with Crippen molar-refractivity contribution in [2.45, 2.75) is 116 Å². The van der Waals surface area contributed by atoms with Gasteiger partial charge in [-0.2, -0.15) is 0 Å². The smallest absolute Gasteiger partial charge is 0.303 e. The molecule has 4 aliphatic carbocycles. The number of aliphatic hydroxyl groups excluding tert-OH is 2. The first kappa shape index (κ1) is 25.4. The van der Waals surface area contributed by atoms with Crippen LogP contribution in [0.25, 0.3) is 0 Å². The lowest BCUT2D eigenvalue weighted by Gasteiger charge is -2.58. The number of carbonyl (C=O) groups excluding carboxylic acids is 1. The fourth-order valence-electron chi connectivity index (χ4n) is 8.79. The minimum absolute atomic E-state index is 0.0611. The molecule has 4 fully saturated rings. The van der Waals surface area contributed by atoms with Crippen LogP contribution < -0.4 is 0 Å². The SMILES string of the molecule is C=C[C@H]1CC[C@H]2[C@@H]3CC=C4C[C@@H](O[C@@H]5O[C@@H](C)[C@@H](O)[C@@H](O)[C@@H]5OC(C)=O)CC[C@]4(C)[C@H]3CC[C@]12C. The second-order valence-electron chi connectivity index (χ2n) is 12.5. The van der Waals surface area contributed by atoms with Crippen LogP contribution in [0, 0.1) is 34.5 Å². The molecule has 0 unspecified atom stereocenters. The van der Waals surface area contributed by atoms with E-state index in [1.165, 1.54) is 38.2 Å². The van der Waals surface area contributed by atoms with Crippen molar-refractivity contribution in [2.75, 3.05) is 0 Å². The van der Waals surface area contributed by atoms with Gasteiger partial charge in [0.25, 0.3) is 0 Å². The highest BCUT2D eigenvalue weighted by molar-refractivity contribution is 5.66. The van der Waals surface area contributed by atoms with Crippen LogP contribution in [0.4, 0.5) is 0 Å². The Hall–Kier alpha value is -1.21. The van der Waals surface area contributed by atoms with Crippen molar-refractivity contribution in [1.29, 1.82) is 0 Å². The monoisotopic (exact) mass is 488 g/mol. The van der Waals surface area contributed by atoms with Crippen LogP contribution >= 0.6 is 0 Å². The first-order chi connectivity index (χ1) is 16.6. The summed E-state index contributed by atoms with van der Waals surface area (Å²) >= 11 is 0. The molecule has 0 spiro atoms. The van der Waals surface area contributed by atoms with Crippen molar-refractivity contribution in [2.24, 2.45) is 34.5 Å². The molecular weight excluding hydrogens is 444 g/mol. The van der Waals surface area contributed by atoms with Gasteiger partial charge in [0, 0.05) is 6.92 Å². The molecule has 0 aromatic carbocycles.